The second-order valence-electron chi connectivity index (χ2n) is 5.77. The van der Waals surface area contributed by atoms with Crippen LogP contribution in [0.2, 0.25) is 0 Å². The first kappa shape index (κ1) is 16.0. The lowest BCUT2D eigenvalue weighted by molar-refractivity contribution is -0.124. The average molecular weight is 309 g/mol. The first-order valence-corrected chi connectivity index (χ1v) is 8.34. The Kier molecular flexibility index (Phi) is 5.05. The highest BCUT2D eigenvalue weighted by molar-refractivity contribution is 7.99. The number of anilines is 1. The van der Waals surface area contributed by atoms with E-state index in [1.807, 2.05) is 25.6 Å². The molecule has 0 saturated carbocycles. The number of carbonyl (C=O) groups is 1. The SMILES string of the molecule is CC(C)C[C@](N)(C(N)=O)c1ccnc(N2CCSCC2)n1. The third kappa shape index (κ3) is 3.65. The van der Waals surface area contributed by atoms with Gasteiger partial charge >= 0.3 is 0 Å². The Bertz CT molecular complexity index is 504. The van der Waals surface area contributed by atoms with E-state index in [0.29, 0.717) is 18.1 Å². The maximum Gasteiger partial charge on any atom is 0.243 e. The summed E-state index contributed by atoms with van der Waals surface area (Å²) in [6.07, 6.45) is 2.12. The van der Waals surface area contributed by atoms with Crippen molar-refractivity contribution in [3.8, 4) is 0 Å². The van der Waals surface area contributed by atoms with E-state index in [0.717, 1.165) is 24.6 Å². The van der Waals surface area contributed by atoms with Gasteiger partial charge in [-0.1, -0.05) is 13.8 Å². The number of thioether (sulfide) groups is 1. The molecule has 1 aromatic heterocycles. The highest BCUT2D eigenvalue weighted by Crippen LogP contribution is 2.26. The monoisotopic (exact) mass is 309 g/mol. The van der Waals surface area contributed by atoms with Crippen LogP contribution in [0.5, 0.6) is 0 Å². The number of rotatable bonds is 5. The van der Waals surface area contributed by atoms with Crippen LogP contribution < -0.4 is 16.4 Å². The molecule has 0 unspecified atom stereocenters. The van der Waals surface area contributed by atoms with Crippen molar-refractivity contribution in [1.82, 2.24) is 9.97 Å². The number of aromatic nitrogens is 2. The second-order valence-corrected chi connectivity index (χ2v) is 7.00. The number of amides is 1. The summed E-state index contributed by atoms with van der Waals surface area (Å²) in [5.74, 6) is 2.45. The van der Waals surface area contributed by atoms with Crippen molar-refractivity contribution in [3.63, 3.8) is 0 Å². The van der Waals surface area contributed by atoms with Crippen LogP contribution in [0.4, 0.5) is 5.95 Å². The zero-order valence-corrected chi connectivity index (χ0v) is 13.4. The highest BCUT2D eigenvalue weighted by atomic mass is 32.2. The van der Waals surface area contributed by atoms with Gasteiger partial charge in [-0.05, 0) is 18.4 Å². The Morgan fingerprint density at radius 3 is 2.71 bits per heavy atom. The van der Waals surface area contributed by atoms with Crippen molar-refractivity contribution in [3.05, 3.63) is 18.0 Å². The summed E-state index contributed by atoms with van der Waals surface area (Å²) in [5.41, 5.74) is 11.1. The van der Waals surface area contributed by atoms with Crippen LogP contribution in [-0.2, 0) is 10.3 Å². The number of nitrogens with two attached hydrogens (primary N) is 2. The zero-order valence-electron chi connectivity index (χ0n) is 12.6. The number of hydrogen-bond donors (Lipinski definition) is 2. The fraction of sp³-hybridized carbons (Fsp3) is 0.643. The van der Waals surface area contributed by atoms with Gasteiger partial charge in [-0.3, -0.25) is 4.79 Å². The van der Waals surface area contributed by atoms with Gasteiger partial charge in [0.2, 0.25) is 11.9 Å². The summed E-state index contributed by atoms with van der Waals surface area (Å²) in [7, 11) is 0. The molecule has 0 bridgehead atoms. The molecule has 4 N–H and O–H groups in total. The molecule has 1 saturated heterocycles. The van der Waals surface area contributed by atoms with Gasteiger partial charge in [0, 0.05) is 30.8 Å². The molecular weight excluding hydrogens is 286 g/mol. The third-order valence-electron chi connectivity index (χ3n) is 3.56. The topological polar surface area (TPSA) is 98.1 Å². The molecule has 1 amide bonds. The molecule has 1 aliphatic rings. The Morgan fingerprint density at radius 1 is 1.48 bits per heavy atom. The van der Waals surface area contributed by atoms with E-state index < -0.39 is 11.4 Å². The Labute approximate surface area is 129 Å². The quantitative estimate of drug-likeness (QED) is 0.831. The molecule has 0 aromatic carbocycles. The smallest absolute Gasteiger partial charge is 0.243 e. The number of hydrogen-bond acceptors (Lipinski definition) is 6. The molecular formula is C14H23N5OS. The summed E-state index contributed by atoms with van der Waals surface area (Å²) >= 11 is 1.92. The van der Waals surface area contributed by atoms with Crippen molar-refractivity contribution in [2.24, 2.45) is 17.4 Å². The Morgan fingerprint density at radius 2 is 2.14 bits per heavy atom. The number of nitrogens with zero attached hydrogens (tertiary/aromatic N) is 3. The van der Waals surface area contributed by atoms with Gasteiger partial charge in [-0.2, -0.15) is 11.8 Å². The lowest BCUT2D eigenvalue weighted by Crippen LogP contribution is -2.50. The molecule has 0 radical (unpaired) electrons. The molecule has 21 heavy (non-hydrogen) atoms. The van der Waals surface area contributed by atoms with E-state index >= 15 is 0 Å². The van der Waals surface area contributed by atoms with E-state index in [1.165, 1.54) is 0 Å². The molecule has 1 fully saturated rings. The van der Waals surface area contributed by atoms with Crippen molar-refractivity contribution < 1.29 is 4.79 Å². The maximum atomic E-state index is 11.9. The van der Waals surface area contributed by atoms with Crippen molar-refractivity contribution >= 4 is 23.6 Å². The zero-order chi connectivity index (χ0) is 15.5. The standard InChI is InChI=1S/C14H23N5OS/c1-10(2)9-14(16,12(15)20)11-3-4-17-13(18-11)19-5-7-21-8-6-19/h3-4,10H,5-9,16H2,1-2H3,(H2,15,20)/t14-/m1/s1. The van der Waals surface area contributed by atoms with Crippen molar-refractivity contribution in [1.29, 1.82) is 0 Å². The van der Waals surface area contributed by atoms with Crippen LogP contribution in [0.3, 0.4) is 0 Å². The first-order chi connectivity index (χ1) is 9.93. The summed E-state index contributed by atoms with van der Waals surface area (Å²) in [4.78, 5) is 22.8. The highest BCUT2D eigenvalue weighted by Gasteiger charge is 2.36. The number of primary amides is 1. The van der Waals surface area contributed by atoms with E-state index in [9.17, 15) is 4.79 Å². The summed E-state index contributed by atoms with van der Waals surface area (Å²) < 4.78 is 0. The van der Waals surface area contributed by atoms with Crippen LogP contribution in [0.1, 0.15) is 26.0 Å². The molecule has 116 valence electrons. The molecule has 2 heterocycles. The Balaban J connectivity index is 2.31. The lowest BCUT2D eigenvalue weighted by atomic mass is 9.86. The molecule has 1 atom stereocenters. The summed E-state index contributed by atoms with van der Waals surface area (Å²) in [6.45, 7) is 5.84. The largest absolute Gasteiger partial charge is 0.368 e. The molecule has 6 nitrogen and oxygen atoms in total. The van der Waals surface area contributed by atoms with E-state index in [-0.39, 0.29) is 5.92 Å². The average Bonchev–Trinajstić information content (AvgIpc) is 2.47. The van der Waals surface area contributed by atoms with Gasteiger partial charge in [0.25, 0.3) is 0 Å². The fourth-order valence-electron chi connectivity index (χ4n) is 2.49. The van der Waals surface area contributed by atoms with E-state index in [1.54, 1.807) is 12.3 Å². The van der Waals surface area contributed by atoms with Crippen LogP contribution in [0.25, 0.3) is 0 Å². The minimum absolute atomic E-state index is 0.243. The summed E-state index contributed by atoms with van der Waals surface area (Å²) in [5, 5.41) is 0. The number of carbonyl (C=O) groups excluding carboxylic acids is 1. The predicted molar refractivity (Wildman–Crippen MR) is 86.1 cm³/mol. The van der Waals surface area contributed by atoms with Crippen LogP contribution in [-0.4, -0.2) is 40.5 Å². The van der Waals surface area contributed by atoms with Crippen LogP contribution in [0, 0.1) is 5.92 Å². The van der Waals surface area contributed by atoms with E-state index in [4.69, 9.17) is 11.5 Å². The predicted octanol–water partition coefficient (Wildman–Crippen LogP) is 0.715. The van der Waals surface area contributed by atoms with Crippen molar-refractivity contribution in [2.45, 2.75) is 25.8 Å². The van der Waals surface area contributed by atoms with Gasteiger partial charge < -0.3 is 16.4 Å². The van der Waals surface area contributed by atoms with Gasteiger partial charge in [0.05, 0.1) is 5.69 Å². The minimum Gasteiger partial charge on any atom is -0.368 e. The minimum atomic E-state index is -1.24. The second kappa shape index (κ2) is 6.62. The third-order valence-corrected chi connectivity index (χ3v) is 4.51. The van der Waals surface area contributed by atoms with E-state index in [2.05, 4.69) is 14.9 Å². The molecule has 1 aromatic rings. The Hall–Kier alpha value is -1.34. The summed E-state index contributed by atoms with van der Waals surface area (Å²) in [6, 6.07) is 1.69. The molecule has 0 aliphatic carbocycles. The van der Waals surface area contributed by atoms with Gasteiger partial charge in [0.15, 0.2) is 0 Å². The van der Waals surface area contributed by atoms with Gasteiger partial charge in [0.1, 0.15) is 5.54 Å². The molecule has 2 rings (SSSR count). The van der Waals surface area contributed by atoms with Gasteiger partial charge in [-0.15, -0.1) is 0 Å². The normalized spacial score (nSPS) is 18.6. The van der Waals surface area contributed by atoms with Gasteiger partial charge in [-0.25, -0.2) is 9.97 Å². The van der Waals surface area contributed by atoms with Crippen molar-refractivity contribution in [2.75, 3.05) is 29.5 Å². The fourth-order valence-corrected chi connectivity index (χ4v) is 3.39. The molecule has 1 aliphatic heterocycles. The van der Waals surface area contributed by atoms with Crippen LogP contribution >= 0.6 is 11.8 Å². The first-order valence-electron chi connectivity index (χ1n) is 7.18. The molecule has 0 spiro atoms. The lowest BCUT2D eigenvalue weighted by Gasteiger charge is -2.30. The molecule has 7 heteroatoms. The van der Waals surface area contributed by atoms with Crippen LogP contribution in [0.15, 0.2) is 12.3 Å². The maximum absolute atomic E-state index is 11.9.